The maximum absolute atomic E-state index is 15.0. The van der Waals surface area contributed by atoms with E-state index >= 15 is 4.39 Å². The predicted molar refractivity (Wildman–Crippen MR) is 124 cm³/mol. The molecule has 2 aromatic heterocycles. The van der Waals surface area contributed by atoms with E-state index in [2.05, 4.69) is 32.8 Å². The molecule has 4 aromatic rings. The Balaban J connectivity index is 1.56. The number of aromatic nitrogens is 3. The third kappa shape index (κ3) is 3.82. The second kappa shape index (κ2) is 8.63. The Morgan fingerprint density at radius 2 is 1.84 bits per heavy atom. The van der Waals surface area contributed by atoms with Crippen LogP contribution in [0.3, 0.4) is 0 Å². The highest BCUT2D eigenvalue weighted by Gasteiger charge is 2.18. The van der Waals surface area contributed by atoms with E-state index in [4.69, 9.17) is 4.74 Å². The maximum atomic E-state index is 15.0. The minimum Gasteiger partial charge on any atom is -0.378 e. The molecule has 0 N–H and O–H groups in total. The highest BCUT2D eigenvalue weighted by Crippen LogP contribution is 2.33. The maximum Gasteiger partial charge on any atom is 0.132 e. The molecule has 0 spiro atoms. The smallest absolute Gasteiger partial charge is 0.132 e. The van der Waals surface area contributed by atoms with Crippen molar-refractivity contribution in [1.29, 1.82) is 0 Å². The largest absolute Gasteiger partial charge is 0.378 e. The zero-order chi connectivity index (χ0) is 22.1. The quantitative estimate of drug-likeness (QED) is 0.451. The zero-order valence-corrected chi connectivity index (χ0v) is 18.3. The number of ether oxygens (including phenoxy) is 1. The van der Waals surface area contributed by atoms with Gasteiger partial charge in [0.05, 0.1) is 30.1 Å². The number of morpholine rings is 1. The van der Waals surface area contributed by atoms with Gasteiger partial charge in [-0.15, -0.1) is 0 Å². The van der Waals surface area contributed by atoms with Crippen LogP contribution < -0.4 is 4.90 Å². The van der Waals surface area contributed by atoms with Crippen LogP contribution in [0, 0.1) is 12.7 Å². The molecule has 0 amide bonds. The number of fused-ring (bicyclic) bond motifs is 1. The van der Waals surface area contributed by atoms with Gasteiger partial charge < -0.3 is 9.64 Å². The predicted octanol–water partition coefficient (Wildman–Crippen LogP) is 5.13. The molecule has 32 heavy (non-hydrogen) atoms. The molecular weight excluding hydrogens is 403 g/mol. The van der Waals surface area contributed by atoms with E-state index in [1.165, 1.54) is 12.4 Å². The molecule has 2 aromatic carbocycles. The van der Waals surface area contributed by atoms with E-state index in [9.17, 15) is 0 Å². The Morgan fingerprint density at radius 1 is 1.00 bits per heavy atom. The van der Waals surface area contributed by atoms with Crippen molar-refractivity contribution in [3.8, 4) is 11.3 Å². The van der Waals surface area contributed by atoms with Crippen LogP contribution in [0.5, 0.6) is 0 Å². The van der Waals surface area contributed by atoms with E-state index < -0.39 is 0 Å². The van der Waals surface area contributed by atoms with Gasteiger partial charge in [0.1, 0.15) is 12.1 Å². The summed E-state index contributed by atoms with van der Waals surface area (Å²) in [5.41, 5.74) is 6.10. The van der Waals surface area contributed by atoms with Crippen molar-refractivity contribution >= 4 is 16.6 Å². The number of benzene rings is 2. The number of aryl methyl sites for hydroxylation is 1. The van der Waals surface area contributed by atoms with Gasteiger partial charge in [-0.05, 0) is 54.4 Å². The Bertz CT molecular complexity index is 1270. The minimum atomic E-state index is -0.295. The van der Waals surface area contributed by atoms with Crippen LogP contribution >= 0.6 is 0 Å². The lowest BCUT2D eigenvalue weighted by Gasteiger charge is -2.29. The lowest BCUT2D eigenvalue weighted by atomic mass is 9.92. The average Bonchev–Trinajstić information content (AvgIpc) is 2.84. The highest BCUT2D eigenvalue weighted by molar-refractivity contribution is 5.94. The van der Waals surface area contributed by atoms with E-state index in [0.717, 1.165) is 59.7 Å². The van der Waals surface area contributed by atoms with Gasteiger partial charge >= 0.3 is 0 Å². The molecule has 1 unspecified atom stereocenters. The molecule has 0 radical (unpaired) electrons. The Morgan fingerprint density at radius 3 is 2.66 bits per heavy atom. The van der Waals surface area contributed by atoms with Crippen LogP contribution in [-0.2, 0) is 4.74 Å². The van der Waals surface area contributed by atoms with Crippen LogP contribution in [0.4, 0.5) is 10.1 Å². The Kier molecular flexibility index (Phi) is 5.53. The summed E-state index contributed by atoms with van der Waals surface area (Å²) in [6.07, 6.45) is 3.31. The van der Waals surface area contributed by atoms with Gasteiger partial charge in [0.15, 0.2) is 0 Å². The van der Waals surface area contributed by atoms with Crippen molar-refractivity contribution < 1.29 is 9.13 Å². The number of rotatable bonds is 4. The fraction of sp³-hybridized carbons (Fsp3) is 0.269. The second-order valence-electron chi connectivity index (χ2n) is 8.19. The normalized spacial score (nSPS) is 15.2. The van der Waals surface area contributed by atoms with Gasteiger partial charge in [0.2, 0.25) is 0 Å². The number of pyridine rings is 1. The molecule has 6 heteroatoms. The molecule has 1 atom stereocenters. The first-order valence-corrected chi connectivity index (χ1v) is 10.9. The third-order valence-electron chi connectivity index (χ3n) is 6.20. The van der Waals surface area contributed by atoms with Crippen molar-refractivity contribution in [3.63, 3.8) is 0 Å². The minimum absolute atomic E-state index is 0.0385. The van der Waals surface area contributed by atoms with Crippen molar-refractivity contribution in [3.05, 3.63) is 83.7 Å². The summed E-state index contributed by atoms with van der Waals surface area (Å²) in [4.78, 5) is 15.8. The molecule has 0 aliphatic carbocycles. The third-order valence-corrected chi connectivity index (χ3v) is 6.20. The fourth-order valence-corrected chi connectivity index (χ4v) is 4.38. The molecule has 1 fully saturated rings. The fourth-order valence-electron chi connectivity index (χ4n) is 4.38. The molecule has 5 rings (SSSR count). The van der Waals surface area contributed by atoms with Crippen LogP contribution in [0.15, 0.2) is 61.1 Å². The van der Waals surface area contributed by atoms with Crippen LogP contribution in [0.1, 0.15) is 29.7 Å². The average molecular weight is 429 g/mol. The number of halogens is 1. The lowest BCUT2D eigenvalue weighted by molar-refractivity contribution is 0.122. The summed E-state index contributed by atoms with van der Waals surface area (Å²) in [5.74, 6) is -0.257. The van der Waals surface area contributed by atoms with E-state index in [1.807, 2.05) is 43.3 Å². The highest BCUT2D eigenvalue weighted by atomic mass is 19.1. The topological polar surface area (TPSA) is 51.1 Å². The van der Waals surface area contributed by atoms with Crippen molar-refractivity contribution in [2.24, 2.45) is 0 Å². The van der Waals surface area contributed by atoms with Crippen molar-refractivity contribution in [2.45, 2.75) is 19.8 Å². The first-order valence-electron chi connectivity index (χ1n) is 10.9. The van der Waals surface area contributed by atoms with Gasteiger partial charge in [0, 0.05) is 41.8 Å². The van der Waals surface area contributed by atoms with E-state index in [0.29, 0.717) is 11.3 Å². The van der Waals surface area contributed by atoms with Crippen molar-refractivity contribution in [2.75, 3.05) is 31.2 Å². The van der Waals surface area contributed by atoms with Crippen LogP contribution in [-0.4, -0.2) is 41.3 Å². The summed E-state index contributed by atoms with van der Waals surface area (Å²) < 4.78 is 20.5. The zero-order valence-electron chi connectivity index (χ0n) is 18.3. The van der Waals surface area contributed by atoms with Crippen molar-refractivity contribution in [1.82, 2.24) is 15.0 Å². The van der Waals surface area contributed by atoms with Gasteiger partial charge in [0.25, 0.3) is 0 Å². The lowest BCUT2D eigenvalue weighted by Crippen LogP contribution is -2.36. The van der Waals surface area contributed by atoms with Gasteiger partial charge in [-0.3, -0.25) is 4.98 Å². The molecule has 1 aliphatic rings. The number of anilines is 1. The molecular formula is C26H25FN4O. The van der Waals surface area contributed by atoms with E-state index in [1.54, 1.807) is 6.20 Å². The summed E-state index contributed by atoms with van der Waals surface area (Å²) in [5, 5.41) is 0.835. The molecule has 162 valence electrons. The monoisotopic (exact) mass is 428 g/mol. The number of hydrogen-bond acceptors (Lipinski definition) is 5. The first-order chi connectivity index (χ1) is 15.6. The van der Waals surface area contributed by atoms with Gasteiger partial charge in [-0.1, -0.05) is 19.1 Å². The summed E-state index contributed by atoms with van der Waals surface area (Å²) >= 11 is 0. The van der Waals surface area contributed by atoms with E-state index in [-0.39, 0.29) is 11.7 Å². The van der Waals surface area contributed by atoms with Gasteiger partial charge in [-0.2, -0.15) is 0 Å². The van der Waals surface area contributed by atoms with Gasteiger partial charge in [-0.25, -0.2) is 14.4 Å². The molecule has 3 heterocycles. The molecule has 1 aliphatic heterocycles. The second-order valence-corrected chi connectivity index (χ2v) is 8.19. The summed E-state index contributed by atoms with van der Waals surface area (Å²) in [6, 6.07) is 15.3. The number of nitrogens with zero attached hydrogens (tertiary/aromatic N) is 4. The Hall–Kier alpha value is -3.38. The molecule has 0 bridgehead atoms. The SMILES string of the molecule is Cc1cccnc1C(C)c1ccc(F)c(-c2ncnc3cc(N4CCOCC4)ccc23)c1. The molecule has 1 saturated heterocycles. The van der Waals surface area contributed by atoms with Crippen LogP contribution in [0.2, 0.25) is 0 Å². The molecule has 5 nitrogen and oxygen atoms in total. The summed E-state index contributed by atoms with van der Waals surface area (Å²) in [7, 11) is 0. The first kappa shape index (κ1) is 20.5. The standard InChI is InChI=1S/C26H25FN4O/c1-17-4-3-9-28-25(17)18(2)19-5-8-23(27)22(14-19)26-21-7-6-20(15-24(21)29-16-30-26)31-10-12-32-13-11-31/h3-9,14-16,18H,10-13H2,1-2H3. The molecule has 0 saturated carbocycles. The Labute approximate surface area is 186 Å². The summed E-state index contributed by atoms with van der Waals surface area (Å²) in [6.45, 7) is 7.29. The van der Waals surface area contributed by atoms with Crippen LogP contribution in [0.25, 0.3) is 22.2 Å². The number of hydrogen-bond donors (Lipinski definition) is 0.